The van der Waals surface area contributed by atoms with Crippen molar-refractivity contribution in [2.75, 3.05) is 32.2 Å². The Balaban J connectivity index is 2.85. The number of rotatable bonds is 5. The van der Waals surface area contributed by atoms with Crippen molar-refractivity contribution in [1.82, 2.24) is 9.97 Å². The lowest BCUT2D eigenvalue weighted by Crippen LogP contribution is -2.24. The van der Waals surface area contributed by atoms with Gasteiger partial charge in [0.05, 0.1) is 0 Å². The van der Waals surface area contributed by atoms with E-state index in [4.69, 9.17) is 16.3 Å². The topological polar surface area (TPSA) is 38.2 Å². The van der Waals surface area contributed by atoms with Crippen LogP contribution in [0.2, 0.25) is 5.15 Å². The minimum absolute atomic E-state index is 0.104. The van der Waals surface area contributed by atoms with Crippen LogP contribution in [0.4, 0.5) is 5.82 Å². The van der Waals surface area contributed by atoms with E-state index in [1.807, 2.05) is 7.05 Å². The Bertz CT molecular complexity index is 390. The van der Waals surface area contributed by atoms with E-state index < -0.39 is 0 Å². The predicted octanol–water partition coefficient (Wildman–Crippen LogP) is 2.90. The normalized spacial score (nSPS) is 11.7. The summed E-state index contributed by atoms with van der Waals surface area (Å²) < 4.78 is 5.04. The average Bonchev–Trinajstić information content (AvgIpc) is 2.27. The molecule has 0 aliphatic heterocycles. The second kappa shape index (κ2) is 6.34. The number of hydrogen-bond donors (Lipinski definition) is 0. The number of anilines is 1. The molecular formula is C13H22ClN3O. The molecule has 1 rings (SSSR count). The molecule has 1 aromatic heterocycles. The summed E-state index contributed by atoms with van der Waals surface area (Å²) in [5.41, 5.74) is -0.104. The zero-order valence-electron chi connectivity index (χ0n) is 11.8. The van der Waals surface area contributed by atoms with Crippen LogP contribution in [0.15, 0.2) is 6.07 Å². The van der Waals surface area contributed by atoms with Crippen molar-refractivity contribution in [1.29, 1.82) is 0 Å². The summed E-state index contributed by atoms with van der Waals surface area (Å²) in [5, 5.41) is 0.489. The van der Waals surface area contributed by atoms with Crippen molar-refractivity contribution in [2.24, 2.45) is 0 Å². The summed E-state index contributed by atoms with van der Waals surface area (Å²) in [7, 11) is 3.71. The van der Waals surface area contributed by atoms with Crippen LogP contribution in [0.5, 0.6) is 0 Å². The molecule has 0 aromatic carbocycles. The molecule has 0 atom stereocenters. The Kier molecular flexibility index (Phi) is 5.35. The molecule has 1 aromatic rings. The first-order valence-electron chi connectivity index (χ1n) is 6.09. The molecule has 18 heavy (non-hydrogen) atoms. The molecule has 0 saturated carbocycles. The molecule has 0 unspecified atom stereocenters. The van der Waals surface area contributed by atoms with E-state index in [1.54, 1.807) is 13.2 Å². The largest absolute Gasteiger partial charge is 0.385 e. The fraction of sp³-hybridized carbons (Fsp3) is 0.692. The van der Waals surface area contributed by atoms with Gasteiger partial charge in [0.2, 0.25) is 0 Å². The lowest BCUT2D eigenvalue weighted by Gasteiger charge is -2.22. The van der Waals surface area contributed by atoms with Crippen molar-refractivity contribution in [3.63, 3.8) is 0 Å². The third-order valence-corrected chi connectivity index (χ3v) is 2.78. The van der Waals surface area contributed by atoms with Gasteiger partial charge in [0.25, 0.3) is 0 Å². The Morgan fingerprint density at radius 2 is 2.00 bits per heavy atom. The van der Waals surface area contributed by atoms with E-state index >= 15 is 0 Å². The fourth-order valence-corrected chi connectivity index (χ4v) is 1.67. The molecule has 0 bridgehead atoms. The predicted molar refractivity (Wildman–Crippen MR) is 75.5 cm³/mol. The zero-order chi connectivity index (χ0) is 13.8. The van der Waals surface area contributed by atoms with Crippen LogP contribution in [0.3, 0.4) is 0 Å². The highest BCUT2D eigenvalue weighted by molar-refractivity contribution is 6.29. The fourth-order valence-electron chi connectivity index (χ4n) is 1.50. The molecule has 0 aliphatic rings. The van der Waals surface area contributed by atoms with E-state index in [1.165, 1.54) is 0 Å². The minimum Gasteiger partial charge on any atom is -0.385 e. The molecule has 4 nitrogen and oxygen atoms in total. The van der Waals surface area contributed by atoms with E-state index in [9.17, 15) is 0 Å². The van der Waals surface area contributed by atoms with Gasteiger partial charge in [-0.2, -0.15) is 0 Å². The van der Waals surface area contributed by atoms with Crippen LogP contribution in [0.25, 0.3) is 0 Å². The van der Waals surface area contributed by atoms with Gasteiger partial charge in [-0.25, -0.2) is 9.97 Å². The van der Waals surface area contributed by atoms with Gasteiger partial charge in [-0.1, -0.05) is 32.4 Å². The van der Waals surface area contributed by atoms with Gasteiger partial charge in [0.1, 0.15) is 16.8 Å². The molecule has 0 N–H and O–H groups in total. The minimum atomic E-state index is -0.104. The van der Waals surface area contributed by atoms with Gasteiger partial charge >= 0.3 is 0 Å². The molecule has 102 valence electrons. The van der Waals surface area contributed by atoms with Gasteiger partial charge in [-0.3, -0.25) is 0 Å². The van der Waals surface area contributed by atoms with E-state index in [-0.39, 0.29) is 5.41 Å². The number of ether oxygens (including phenoxy) is 1. The summed E-state index contributed by atoms with van der Waals surface area (Å²) in [5.74, 6) is 1.62. The van der Waals surface area contributed by atoms with E-state index in [2.05, 4.69) is 35.6 Å². The van der Waals surface area contributed by atoms with Crippen molar-refractivity contribution in [3.8, 4) is 0 Å². The van der Waals surface area contributed by atoms with Crippen LogP contribution in [-0.2, 0) is 10.2 Å². The highest BCUT2D eigenvalue weighted by Gasteiger charge is 2.19. The second-order valence-electron chi connectivity index (χ2n) is 5.39. The van der Waals surface area contributed by atoms with Crippen LogP contribution >= 0.6 is 11.6 Å². The first-order valence-corrected chi connectivity index (χ1v) is 6.47. The van der Waals surface area contributed by atoms with Crippen LogP contribution in [-0.4, -0.2) is 37.3 Å². The average molecular weight is 272 g/mol. The lowest BCUT2D eigenvalue weighted by atomic mass is 9.96. The van der Waals surface area contributed by atoms with Crippen molar-refractivity contribution in [3.05, 3.63) is 17.0 Å². The Labute approximate surface area is 114 Å². The van der Waals surface area contributed by atoms with Crippen molar-refractivity contribution < 1.29 is 4.74 Å². The SMILES string of the molecule is COCCCN(C)c1cc(Cl)nc(C(C)(C)C)n1. The quantitative estimate of drug-likeness (QED) is 0.610. The number of nitrogens with zero attached hydrogens (tertiary/aromatic N) is 3. The van der Waals surface area contributed by atoms with Gasteiger partial charge in [0, 0.05) is 38.8 Å². The lowest BCUT2D eigenvalue weighted by molar-refractivity contribution is 0.196. The number of hydrogen-bond acceptors (Lipinski definition) is 4. The zero-order valence-corrected chi connectivity index (χ0v) is 12.6. The second-order valence-corrected chi connectivity index (χ2v) is 5.78. The van der Waals surface area contributed by atoms with Gasteiger partial charge in [-0.05, 0) is 6.42 Å². The molecule has 0 amide bonds. The third kappa shape index (κ3) is 4.42. The molecule has 1 heterocycles. The summed E-state index contributed by atoms with van der Waals surface area (Å²) >= 11 is 6.06. The molecule has 0 fully saturated rings. The first-order chi connectivity index (χ1) is 8.34. The number of aromatic nitrogens is 2. The Hall–Kier alpha value is -0.870. The van der Waals surface area contributed by atoms with Crippen LogP contribution < -0.4 is 4.90 Å². The molecular weight excluding hydrogens is 250 g/mol. The summed E-state index contributed by atoms with van der Waals surface area (Å²) in [6.07, 6.45) is 0.958. The van der Waals surface area contributed by atoms with E-state index in [0.717, 1.165) is 31.2 Å². The molecule has 0 spiro atoms. The molecule has 5 heteroatoms. The monoisotopic (exact) mass is 271 g/mol. The van der Waals surface area contributed by atoms with E-state index in [0.29, 0.717) is 5.15 Å². The van der Waals surface area contributed by atoms with Crippen molar-refractivity contribution >= 4 is 17.4 Å². The Morgan fingerprint density at radius 1 is 1.33 bits per heavy atom. The first kappa shape index (κ1) is 15.2. The molecule has 0 aliphatic carbocycles. The summed E-state index contributed by atoms with van der Waals surface area (Å²) in [6.45, 7) is 7.86. The standard InChI is InChI=1S/C13H22ClN3O/c1-13(2,3)12-15-10(14)9-11(16-12)17(4)7-6-8-18-5/h9H,6-8H2,1-5H3. The van der Waals surface area contributed by atoms with Gasteiger partial charge in [-0.15, -0.1) is 0 Å². The Morgan fingerprint density at radius 3 is 2.56 bits per heavy atom. The van der Waals surface area contributed by atoms with Crippen LogP contribution in [0.1, 0.15) is 33.0 Å². The van der Waals surface area contributed by atoms with Gasteiger partial charge < -0.3 is 9.64 Å². The maximum Gasteiger partial charge on any atom is 0.137 e. The maximum atomic E-state index is 6.06. The highest BCUT2D eigenvalue weighted by atomic mass is 35.5. The van der Waals surface area contributed by atoms with Crippen LogP contribution in [0, 0.1) is 0 Å². The molecule has 0 saturated heterocycles. The maximum absolute atomic E-state index is 6.06. The summed E-state index contributed by atoms with van der Waals surface area (Å²) in [4.78, 5) is 10.9. The molecule has 0 radical (unpaired) electrons. The third-order valence-electron chi connectivity index (χ3n) is 2.59. The number of methoxy groups -OCH3 is 1. The number of halogens is 1. The highest BCUT2D eigenvalue weighted by Crippen LogP contribution is 2.23. The smallest absolute Gasteiger partial charge is 0.137 e. The van der Waals surface area contributed by atoms with Gasteiger partial charge in [0.15, 0.2) is 0 Å². The summed E-state index contributed by atoms with van der Waals surface area (Å²) in [6, 6.07) is 1.80. The van der Waals surface area contributed by atoms with Crippen molar-refractivity contribution in [2.45, 2.75) is 32.6 Å².